The highest BCUT2D eigenvalue weighted by Gasteiger charge is 2.24. The summed E-state index contributed by atoms with van der Waals surface area (Å²) in [5, 5.41) is 15.3. The van der Waals surface area contributed by atoms with Crippen LogP contribution < -0.4 is 10.1 Å². The molecule has 1 heterocycles. The van der Waals surface area contributed by atoms with Gasteiger partial charge in [-0.15, -0.1) is 11.3 Å². The molecule has 3 aromatic rings. The monoisotopic (exact) mass is 376 g/mol. The molecule has 1 aliphatic carbocycles. The van der Waals surface area contributed by atoms with Gasteiger partial charge in [0.05, 0.1) is 5.56 Å². The molecule has 0 radical (unpaired) electrons. The fraction of sp³-hybridized carbons (Fsp3) is 0.273. The van der Waals surface area contributed by atoms with E-state index < -0.39 is 0 Å². The van der Waals surface area contributed by atoms with Crippen molar-refractivity contribution in [2.45, 2.75) is 26.2 Å². The first-order valence-corrected chi connectivity index (χ1v) is 9.92. The molecule has 1 amide bonds. The zero-order valence-corrected chi connectivity index (χ0v) is 15.9. The van der Waals surface area contributed by atoms with E-state index in [1.54, 1.807) is 0 Å². The number of carbonyl (C=O) groups is 1. The highest BCUT2D eigenvalue weighted by atomic mass is 32.1. The van der Waals surface area contributed by atoms with Crippen LogP contribution in [-0.4, -0.2) is 12.5 Å². The predicted molar refractivity (Wildman–Crippen MR) is 108 cm³/mol. The van der Waals surface area contributed by atoms with E-state index >= 15 is 0 Å². The molecule has 1 atom stereocenters. The summed E-state index contributed by atoms with van der Waals surface area (Å²) in [5.41, 5.74) is 1.74. The molecule has 1 aliphatic rings. The second-order valence-electron chi connectivity index (χ2n) is 7.01. The van der Waals surface area contributed by atoms with Crippen molar-refractivity contribution < 1.29 is 9.53 Å². The Hall–Kier alpha value is -2.84. The van der Waals surface area contributed by atoms with Crippen molar-refractivity contribution in [3.63, 3.8) is 0 Å². The number of benzene rings is 2. The third kappa shape index (κ3) is 3.67. The summed E-state index contributed by atoms with van der Waals surface area (Å²) in [4.78, 5) is 13.6. The highest BCUT2D eigenvalue weighted by molar-refractivity contribution is 7.16. The van der Waals surface area contributed by atoms with Crippen molar-refractivity contribution >= 4 is 33.0 Å². The molecule has 4 nitrogen and oxygen atoms in total. The summed E-state index contributed by atoms with van der Waals surface area (Å²) in [6.45, 7) is 2.15. The number of nitrogens with zero attached hydrogens (tertiary/aromatic N) is 1. The predicted octanol–water partition coefficient (Wildman–Crippen LogP) is 4.92. The van der Waals surface area contributed by atoms with Gasteiger partial charge in [0.25, 0.3) is 5.91 Å². The minimum absolute atomic E-state index is 0.0812. The Bertz CT molecular complexity index is 1050. The van der Waals surface area contributed by atoms with Crippen LogP contribution >= 0.6 is 11.3 Å². The maximum Gasteiger partial charge on any atom is 0.262 e. The Kier molecular flexibility index (Phi) is 4.83. The van der Waals surface area contributed by atoms with Gasteiger partial charge in [-0.1, -0.05) is 37.3 Å². The number of anilines is 1. The van der Waals surface area contributed by atoms with E-state index in [4.69, 9.17) is 4.74 Å². The van der Waals surface area contributed by atoms with Crippen molar-refractivity contribution in [1.82, 2.24) is 0 Å². The average Bonchev–Trinajstić information content (AvgIpc) is 3.02. The number of ether oxygens (including phenoxy) is 1. The highest BCUT2D eigenvalue weighted by Crippen LogP contribution is 2.39. The summed E-state index contributed by atoms with van der Waals surface area (Å²) >= 11 is 1.53. The zero-order valence-electron chi connectivity index (χ0n) is 15.1. The fourth-order valence-electron chi connectivity index (χ4n) is 3.53. The number of thiophene rings is 1. The summed E-state index contributed by atoms with van der Waals surface area (Å²) in [6, 6.07) is 16.1. The van der Waals surface area contributed by atoms with Crippen LogP contribution in [-0.2, 0) is 17.6 Å². The molecular weight excluding hydrogens is 356 g/mol. The van der Waals surface area contributed by atoms with Crippen LogP contribution in [0.15, 0.2) is 42.5 Å². The zero-order chi connectivity index (χ0) is 18.8. The van der Waals surface area contributed by atoms with E-state index in [2.05, 4.69) is 18.3 Å². The first kappa shape index (κ1) is 17.6. The Balaban J connectivity index is 1.44. The van der Waals surface area contributed by atoms with Gasteiger partial charge in [-0.25, -0.2) is 0 Å². The number of hydrogen-bond acceptors (Lipinski definition) is 4. The van der Waals surface area contributed by atoms with Gasteiger partial charge in [-0.05, 0) is 53.6 Å². The van der Waals surface area contributed by atoms with Gasteiger partial charge in [0.1, 0.15) is 16.8 Å². The Morgan fingerprint density at radius 3 is 2.93 bits per heavy atom. The van der Waals surface area contributed by atoms with Crippen LogP contribution in [0.2, 0.25) is 0 Å². The van der Waals surface area contributed by atoms with Gasteiger partial charge < -0.3 is 10.1 Å². The molecule has 0 bridgehead atoms. The van der Waals surface area contributed by atoms with Crippen LogP contribution in [0.25, 0.3) is 10.8 Å². The summed E-state index contributed by atoms with van der Waals surface area (Å²) in [7, 11) is 0. The minimum atomic E-state index is -0.244. The van der Waals surface area contributed by atoms with Crippen molar-refractivity contribution in [2.24, 2.45) is 5.92 Å². The average molecular weight is 376 g/mol. The van der Waals surface area contributed by atoms with Crippen molar-refractivity contribution in [2.75, 3.05) is 11.9 Å². The van der Waals surface area contributed by atoms with Gasteiger partial charge >= 0.3 is 0 Å². The third-order valence-corrected chi connectivity index (χ3v) is 6.14. The van der Waals surface area contributed by atoms with E-state index in [1.165, 1.54) is 16.2 Å². The minimum Gasteiger partial charge on any atom is -0.484 e. The number of fused-ring (bicyclic) bond motifs is 2. The first-order valence-electron chi connectivity index (χ1n) is 9.10. The standard InChI is InChI=1S/C22H20N2O2S/c1-14-6-9-18-19(12-23)22(27-20(18)10-14)24-21(25)13-26-17-8-7-15-4-2-3-5-16(15)11-17/h2-5,7-8,11,14H,6,9-10,13H2,1H3,(H,24,25). The van der Waals surface area contributed by atoms with Crippen LogP contribution in [0, 0.1) is 17.2 Å². The molecule has 0 aliphatic heterocycles. The van der Waals surface area contributed by atoms with Gasteiger partial charge in [0, 0.05) is 4.88 Å². The summed E-state index contributed by atoms with van der Waals surface area (Å²) < 4.78 is 5.65. The van der Waals surface area contributed by atoms with E-state index in [1.807, 2.05) is 42.5 Å². The first-order chi connectivity index (χ1) is 13.1. The second-order valence-corrected chi connectivity index (χ2v) is 8.12. The molecule has 0 fully saturated rings. The van der Waals surface area contributed by atoms with Crippen LogP contribution in [0.4, 0.5) is 5.00 Å². The summed E-state index contributed by atoms with van der Waals surface area (Å²) in [5.74, 6) is 1.04. The lowest BCUT2D eigenvalue weighted by molar-refractivity contribution is -0.118. The Morgan fingerprint density at radius 2 is 2.11 bits per heavy atom. The van der Waals surface area contributed by atoms with Gasteiger partial charge in [-0.2, -0.15) is 5.26 Å². The lowest BCUT2D eigenvalue weighted by Gasteiger charge is -2.17. The van der Waals surface area contributed by atoms with Crippen LogP contribution in [0.5, 0.6) is 5.75 Å². The van der Waals surface area contributed by atoms with Crippen LogP contribution in [0.3, 0.4) is 0 Å². The van der Waals surface area contributed by atoms with Gasteiger partial charge in [0.2, 0.25) is 0 Å². The van der Waals surface area contributed by atoms with E-state index in [0.717, 1.165) is 35.6 Å². The SMILES string of the molecule is CC1CCc2c(sc(NC(=O)COc3ccc4ccccc4c3)c2C#N)C1. The number of nitrogens with one attached hydrogen (secondary N) is 1. The fourth-order valence-corrected chi connectivity index (χ4v) is 4.90. The van der Waals surface area contributed by atoms with E-state index in [-0.39, 0.29) is 12.5 Å². The van der Waals surface area contributed by atoms with Crippen molar-refractivity contribution in [1.29, 1.82) is 5.26 Å². The maximum absolute atomic E-state index is 12.4. The largest absolute Gasteiger partial charge is 0.484 e. The molecule has 27 heavy (non-hydrogen) atoms. The quantitative estimate of drug-likeness (QED) is 0.703. The lowest BCUT2D eigenvalue weighted by Crippen LogP contribution is -2.20. The van der Waals surface area contributed by atoms with Crippen molar-refractivity contribution in [3.05, 3.63) is 58.5 Å². The number of carbonyl (C=O) groups excluding carboxylic acids is 1. The van der Waals surface area contributed by atoms with Gasteiger partial charge in [-0.3, -0.25) is 4.79 Å². The number of amides is 1. The molecule has 2 aromatic carbocycles. The van der Waals surface area contributed by atoms with E-state index in [0.29, 0.717) is 22.2 Å². The molecule has 1 aromatic heterocycles. The molecule has 1 unspecified atom stereocenters. The molecule has 0 saturated heterocycles. The smallest absolute Gasteiger partial charge is 0.262 e. The van der Waals surface area contributed by atoms with Crippen LogP contribution in [0.1, 0.15) is 29.3 Å². The Labute approximate surface area is 162 Å². The molecule has 1 N–H and O–H groups in total. The summed E-state index contributed by atoms with van der Waals surface area (Å²) in [6.07, 6.45) is 2.99. The number of hydrogen-bond donors (Lipinski definition) is 1. The number of rotatable bonds is 4. The molecule has 0 saturated carbocycles. The van der Waals surface area contributed by atoms with Crippen molar-refractivity contribution in [3.8, 4) is 11.8 Å². The molecule has 5 heteroatoms. The second kappa shape index (κ2) is 7.42. The lowest BCUT2D eigenvalue weighted by atomic mass is 9.89. The molecule has 136 valence electrons. The maximum atomic E-state index is 12.4. The molecule has 0 spiro atoms. The van der Waals surface area contributed by atoms with Gasteiger partial charge in [0.15, 0.2) is 6.61 Å². The Morgan fingerprint density at radius 1 is 1.30 bits per heavy atom. The number of nitriles is 1. The normalized spacial score (nSPS) is 15.8. The third-order valence-electron chi connectivity index (χ3n) is 4.97. The van der Waals surface area contributed by atoms with E-state index in [9.17, 15) is 10.1 Å². The molecule has 4 rings (SSSR count). The topological polar surface area (TPSA) is 62.1 Å². The molecular formula is C22H20N2O2S.